The smallest absolute Gasteiger partial charge is 0.00914 e. The van der Waals surface area contributed by atoms with Crippen molar-refractivity contribution < 1.29 is 0 Å². The van der Waals surface area contributed by atoms with Gasteiger partial charge < -0.3 is 10.2 Å². The molecule has 1 fully saturated rings. The normalized spacial score (nSPS) is 18.1. The Morgan fingerprint density at radius 1 is 1.17 bits per heavy atom. The van der Waals surface area contributed by atoms with Crippen LogP contribution in [0, 0.1) is 6.92 Å². The topological polar surface area (TPSA) is 15.3 Å². The van der Waals surface area contributed by atoms with Gasteiger partial charge in [0.05, 0.1) is 0 Å². The van der Waals surface area contributed by atoms with Crippen LogP contribution in [0.3, 0.4) is 0 Å². The molecule has 2 rings (SSSR count). The summed E-state index contributed by atoms with van der Waals surface area (Å²) in [4.78, 5) is 2.59. The summed E-state index contributed by atoms with van der Waals surface area (Å²) >= 11 is 0. The number of benzene rings is 1. The number of rotatable bonds is 6. The van der Waals surface area contributed by atoms with Gasteiger partial charge in [0.15, 0.2) is 0 Å². The highest BCUT2D eigenvalue weighted by Crippen LogP contribution is 2.11. The Balaban J connectivity index is 1.65. The molecular formula is C16H25N2. The molecule has 1 N–H and O–H groups in total. The van der Waals surface area contributed by atoms with Crippen LogP contribution in [0.15, 0.2) is 30.3 Å². The van der Waals surface area contributed by atoms with E-state index in [1.807, 2.05) is 0 Å². The van der Waals surface area contributed by atoms with Gasteiger partial charge in [-0.25, -0.2) is 0 Å². The first kappa shape index (κ1) is 13.6. The molecule has 1 heterocycles. The molecule has 0 atom stereocenters. The maximum Gasteiger partial charge on any atom is 0.00914 e. The van der Waals surface area contributed by atoms with E-state index in [1.165, 1.54) is 44.5 Å². The second kappa shape index (κ2) is 7.55. The SMILES string of the molecule is [CH2]CCNC1CCN(CCc2ccccc2)CC1. The third-order valence-electron chi connectivity index (χ3n) is 3.76. The first-order valence-corrected chi connectivity index (χ1v) is 7.17. The molecule has 1 saturated heterocycles. The summed E-state index contributed by atoms with van der Waals surface area (Å²) in [5, 5.41) is 3.58. The fourth-order valence-electron chi connectivity index (χ4n) is 2.60. The summed E-state index contributed by atoms with van der Waals surface area (Å²) in [7, 11) is 0. The minimum atomic E-state index is 0.722. The molecule has 1 aliphatic heterocycles. The number of nitrogens with one attached hydrogen (secondary N) is 1. The summed E-state index contributed by atoms with van der Waals surface area (Å²) in [5.41, 5.74) is 1.45. The summed E-state index contributed by atoms with van der Waals surface area (Å²) in [6.07, 6.45) is 4.75. The van der Waals surface area contributed by atoms with Crippen LogP contribution in [0.1, 0.15) is 24.8 Å². The van der Waals surface area contributed by atoms with Crippen molar-refractivity contribution in [3.05, 3.63) is 42.8 Å². The van der Waals surface area contributed by atoms with Crippen LogP contribution >= 0.6 is 0 Å². The minimum Gasteiger partial charge on any atom is -0.314 e. The molecule has 18 heavy (non-hydrogen) atoms. The average molecular weight is 245 g/mol. The van der Waals surface area contributed by atoms with Gasteiger partial charge in [-0.1, -0.05) is 37.3 Å². The van der Waals surface area contributed by atoms with Crippen LogP contribution in [0.2, 0.25) is 0 Å². The van der Waals surface area contributed by atoms with E-state index in [4.69, 9.17) is 0 Å². The second-order valence-corrected chi connectivity index (χ2v) is 5.16. The zero-order valence-corrected chi connectivity index (χ0v) is 11.3. The Bertz CT molecular complexity index is 315. The van der Waals surface area contributed by atoms with Gasteiger partial charge >= 0.3 is 0 Å². The summed E-state index contributed by atoms with van der Waals surface area (Å²) < 4.78 is 0. The largest absolute Gasteiger partial charge is 0.314 e. The molecule has 0 bridgehead atoms. The molecule has 0 spiro atoms. The number of hydrogen-bond acceptors (Lipinski definition) is 2. The first-order valence-electron chi connectivity index (χ1n) is 7.17. The molecule has 1 radical (unpaired) electrons. The lowest BCUT2D eigenvalue weighted by atomic mass is 10.0. The van der Waals surface area contributed by atoms with Crippen LogP contribution < -0.4 is 5.32 Å². The van der Waals surface area contributed by atoms with Crippen LogP contribution in [-0.4, -0.2) is 37.1 Å². The van der Waals surface area contributed by atoms with Gasteiger partial charge in [-0.15, -0.1) is 0 Å². The van der Waals surface area contributed by atoms with Gasteiger partial charge in [-0.2, -0.15) is 0 Å². The minimum absolute atomic E-state index is 0.722. The Kier molecular flexibility index (Phi) is 5.69. The highest BCUT2D eigenvalue weighted by Gasteiger charge is 2.17. The molecule has 1 aromatic carbocycles. The van der Waals surface area contributed by atoms with Gasteiger partial charge in [-0.05, 0) is 50.9 Å². The van der Waals surface area contributed by atoms with E-state index in [0.717, 1.165) is 19.0 Å². The van der Waals surface area contributed by atoms with Crippen molar-refractivity contribution in [2.75, 3.05) is 26.2 Å². The zero-order valence-electron chi connectivity index (χ0n) is 11.3. The molecule has 2 heteroatoms. The van der Waals surface area contributed by atoms with E-state index in [0.29, 0.717) is 0 Å². The molecule has 2 nitrogen and oxygen atoms in total. The Morgan fingerprint density at radius 3 is 2.56 bits per heavy atom. The van der Waals surface area contributed by atoms with Gasteiger partial charge in [0.25, 0.3) is 0 Å². The third kappa shape index (κ3) is 4.43. The van der Waals surface area contributed by atoms with Gasteiger partial charge in [0.1, 0.15) is 0 Å². The van der Waals surface area contributed by atoms with Crippen molar-refractivity contribution in [3.8, 4) is 0 Å². The van der Waals surface area contributed by atoms with Gasteiger partial charge in [0, 0.05) is 12.6 Å². The Labute approximate surface area is 111 Å². The van der Waals surface area contributed by atoms with Crippen molar-refractivity contribution in [1.82, 2.24) is 10.2 Å². The summed E-state index contributed by atoms with van der Waals surface area (Å²) in [6.45, 7) is 8.62. The zero-order chi connectivity index (χ0) is 12.6. The van der Waals surface area contributed by atoms with E-state index in [9.17, 15) is 0 Å². The van der Waals surface area contributed by atoms with Crippen LogP contribution in [-0.2, 0) is 6.42 Å². The van der Waals surface area contributed by atoms with E-state index >= 15 is 0 Å². The number of likely N-dealkylation sites (tertiary alicyclic amines) is 1. The summed E-state index contributed by atoms with van der Waals surface area (Å²) in [5.74, 6) is 0. The fraction of sp³-hybridized carbons (Fsp3) is 0.562. The highest BCUT2D eigenvalue weighted by molar-refractivity contribution is 5.14. The molecule has 0 saturated carbocycles. The fourth-order valence-corrected chi connectivity index (χ4v) is 2.60. The van der Waals surface area contributed by atoms with E-state index < -0.39 is 0 Å². The quantitative estimate of drug-likeness (QED) is 0.828. The number of piperidine rings is 1. The maximum atomic E-state index is 3.88. The van der Waals surface area contributed by atoms with Crippen molar-refractivity contribution >= 4 is 0 Å². The second-order valence-electron chi connectivity index (χ2n) is 5.16. The highest BCUT2D eigenvalue weighted by atomic mass is 15.1. The van der Waals surface area contributed by atoms with E-state index in [-0.39, 0.29) is 0 Å². The van der Waals surface area contributed by atoms with Gasteiger partial charge in [-0.3, -0.25) is 0 Å². The predicted molar refractivity (Wildman–Crippen MR) is 77.6 cm³/mol. The van der Waals surface area contributed by atoms with Crippen molar-refractivity contribution in [3.63, 3.8) is 0 Å². The predicted octanol–water partition coefficient (Wildman–Crippen LogP) is 2.51. The average Bonchev–Trinajstić information content (AvgIpc) is 2.45. The standard InChI is InChI=1S/C16H25N2/c1-2-11-17-16-9-13-18(14-10-16)12-8-15-6-4-3-5-7-15/h3-7,16-17H,1-2,8-14H2. The Hall–Kier alpha value is -0.860. The van der Waals surface area contributed by atoms with Crippen molar-refractivity contribution in [1.29, 1.82) is 0 Å². The van der Waals surface area contributed by atoms with Crippen molar-refractivity contribution in [2.45, 2.75) is 31.7 Å². The summed E-state index contributed by atoms with van der Waals surface area (Å²) in [6, 6.07) is 11.5. The van der Waals surface area contributed by atoms with Crippen molar-refractivity contribution in [2.24, 2.45) is 0 Å². The van der Waals surface area contributed by atoms with Crippen LogP contribution in [0.5, 0.6) is 0 Å². The third-order valence-corrected chi connectivity index (χ3v) is 3.76. The molecule has 0 aromatic heterocycles. The molecule has 0 amide bonds. The molecule has 1 aromatic rings. The van der Waals surface area contributed by atoms with Crippen LogP contribution in [0.4, 0.5) is 0 Å². The molecule has 1 aliphatic rings. The maximum absolute atomic E-state index is 3.88. The van der Waals surface area contributed by atoms with E-state index in [2.05, 4.69) is 47.5 Å². The van der Waals surface area contributed by atoms with Gasteiger partial charge in [0.2, 0.25) is 0 Å². The molecular weight excluding hydrogens is 220 g/mol. The molecule has 0 unspecified atom stereocenters. The van der Waals surface area contributed by atoms with E-state index in [1.54, 1.807) is 0 Å². The van der Waals surface area contributed by atoms with Crippen LogP contribution in [0.25, 0.3) is 0 Å². The lowest BCUT2D eigenvalue weighted by molar-refractivity contribution is 0.200. The number of hydrogen-bond donors (Lipinski definition) is 1. The lowest BCUT2D eigenvalue weighted by Gasteiger charge is -2.32. The Morgan fingerprint density at radius 2 is 1.89 bits per heavy atom. The first-order chi connectivity index (χ1) is 8.88. The monoisotopic (exact) mass is 245 g/mol. The number of nitrogens with zero attached hydrogens (tertiary/aromatic N) is 1. The molecule has 0 aliphatic carbocycles. The lowest BCUT2D eigenvalue weighted by Crippen LogP contribution is -2.43. The molecule has 99 valence electrons.